The summed E-state index contributed by atoms with van der Waals surface area (Å²) < 4.78 is 6.13. The van der Waals surface area contributed by atoms with Crippen LogP contribution < -0.4 is 0 Å². The van der Waals surface area contributed by atoms with Gasteiger partial charge in [0.15, 0.2) is 0 Å². The van der Waals surface area contributed by atoms with Gasteiger partial charge in [0.1, 0.15) is 0 Å². The van der Waals surface area contributed by atoms with Crippen molar-refractivity contribution in [3.63, 3.8) is 0 Å². The van der Waals surface area contributed by atoms with Gasteiger partial charge in [0.2, 0.25) is 0 Å². The smallest absolute Gasteiger partial charge is 0.309 e. The molecule has 0 amide bonds. The van der Waals surface area contributed by atoms with Gasteiger partial charge < -0.3 is 14.9 Å². The SMILES string of the molecule is CCCCCCCCCCCCCCCCCCCCCCC(C(=O)O)C(O)CCCCCCCCCCCCCCCCCC/C=C\CCCCCCCCCCCCC1OC1C(C)CCCCCCCCCCCCCCCC. The molecule has 0 spiro atoms. The molecular formula is C77H150O4. The third-order valence-corrected chi connectivity index (χ3v) is 19.2. The highest BCUT2D eigenvalue weighted by molar-refractivity contribution is 5.70. The highest BCUT2D eigenvalue weighted by atomic mass is 16.6. The summed E-state index contributed by atoms with van der Waals surface area (Å²) in [7, 11) is 0. The number of epoxide rings is 1. The van der Waals surface area contributed by atoms with Crippen molar-refractivity contribution in [1.29, 1.82) is 0 Å². The molecule has 5 unspecified atom stereocenters. The van der Waals surface area contributed by atoms with Gasteiger partial charge in [-0.05, 0) is 57.3 Å². The normalized spacial score (nSPS) is 15.6. The molecule has 5 atom stereocenters. The molecule has 0 radical (unpaired) electrons. The number of aliphatic hydroxyl groups excluding tert-OH is 1. The number of carbonyl (C=O) groups is 1. The molecule has 1 fully saturated rings. The van der Waals surface area contributed by atoms with E-state index >= 15 is 0 Å². The predicted molar refractivity (Wildman–Crippen MR) is 360 cm³/mol. The van der Waals surface area contributed by atoms with Crippen molar-refractivity contribution in [1.82, 2.24) is 0 Å². The number of aliphatic hydroxyl groups is 1. The molecule has 1 aliphatic rings. The summed E-state index contributed by atoms with van der Waals surface area (Å²) in [6.07, 6.45) is 94.8. The van der Waals surface area contributed by atoms with Crippen LogP contribution in [0.15, 0.2) is 12.2 Å². The number of carboxylic acid groups (broad SMARTS) is 1. The maximum absolute atomic E-state index is 11.9. The first-order chi connectivity index (χ1) is 40.0. The minimum atomic E-state index is -0.801. The highest BCUT2D eigenvalue weighted by Gasteiger charge is 2.41. The van der Waals surface area contributed by atoms with Crippen LogP contribution in [0.5, 0.6) is 0 Å². The molecule has 0 aliphatic carbocycles. The highest BCUT2D eigenvalue weighted by Crippen LogP contribution is 2.36. The largest absolute Gasteiger partial charge is 0.481 e. The number of rotatable bonds is 71. The van der Waals surface area contributed by atoms with Crippen molar-refractivity contribution in [2.24, 2.45) is 11.8 Å². The summed E-state index contributed by atoms with van der Waals surface area (Å²) in [6, 6.07) is 0. The van der Waals surface area contributed by atoms with E-state index in [0.29, 0.717) is 25.0 Å². The molecule has 81 heavy (non-hydrogen) atoms. The molecule has 0 aromatic heterocycles. The second-order valence-corrected chi connectivity index (χ2v) is 27.3. The number of unbranched alkanes of at least 4 members (excludes halogenated alkanes) is 58. The Morgan fingerprint density at radius 1 is 0.333 bits per heavy atom. The minimum absolute atomic E-state index is 0.581. The molecule has 4 heteroatoms. The lowest BCUT2D eigenvalue weighted by Gasteiger charge is -2.19. The van der Waals surface area contributed by atoms with Crippen molar-refractivity contribution in [3.8, 4) is 0 Å². The average molecular weight is 1140 g/mol. The molecule has 482 valence electrons. The summed E-state index contributed by atoms with van der Waals surface area (Å²) in [5.74, 6) is -0.619. The molecule has 1 rings (SSSR count). The summed E-state index contributed by atoms with van der Waals surface area (Å²) in [5.41, 5.74) is 0. The maximum atomic E-state index is 11.9. The van der Waals surface area contributed by atoms with E-state index in [1.54, 1.807) is 0 Å². The van der Waals surface area contributed by atoms with Crippen LogP contribution >= 0.6 is 0 Å². The van der Waals surface area contributed by atoms with Crippen LogP contribution in [0.25, 0.3) is 0 Å². The Morgan fingerprint density at radius 3 is 0.852 bits per heavy atom. The Labute approximate surface area is 510 Å². The van der Waals surface area contributed by atoms with Crippen LogP contribution in [0.4, 0.5) is 0 Å². The fourth-order valence-corrected chi connectivity index (χ4v) is 13.4. The molecule has 1 saturated heterocycles. The maximum Gasteiger partial charge on any atom is 0.309 e. The summed E-state index contributed by atoms with van der Waals surface area (Å²) in [5, 5.41) is 20.5. The van der Waals surface area contributed by atoms with Gasteiger partial charge in [-0.1, -0.05) is 405 Å². The van der Waals surface area contributed by atoms with E-state index in [1.165, 1.54) is 385 Å². The minimum Gasteiger partial charge on any atom is -0.481 e. The van der Waals surface area contributed by atoms with Gasteiger partial charge in [0.25, 0.3) is 0 Å². The Kier molecular flexibility index (Phi) is 62.8. The van der Waals surface area contributed by atoms with Crippen molar-refractivity contribution in [2.45, 2.75) is 463 Å². The van der Waals surface area contributed by atoms with Gasteiger partial charge in [-0.15, -0.1) is 0 Å². The van der Waals surface area contributed by atoms with Crippen LogP contribution in [0.3, 0.4) is 0 Å². The van der Waals surface area contributed by atoms with E-state index in [0.717, 1.165) is 31.6 Å². The predicted octanol–water partition coefficient (Wildman–Crippen LogP) is 26.8. The number of hydrogen-bond donors (Lipinski definition) is 2. The van der Waals surface area contributed by atoms with E-state index < -0.39 is 18.0 Å². The van der Waals surface area contributed by atoms with Crippen LogP contribution in [0, 0.1) is 11.8 Å². The lowest BCUT2D eigenvalue weighted by Crippen LogP contribution is -2.28. The molecule has 4 nitrogen and oxygen atoms in total. The zero-order chi connectivity index (χ0) is 58.3. The van der Waals surface area contributed by atoms with Crippen molar-refractivity contribution < 1.29 is 19.7 Å². The van der Waals surface area contributed by atoms with Crippen LogP contribution in [-0.2, 0) is 9.53 Å². The Balaban J connectivity index is 1.74. The third-order valence-electron chi connectivity index (χ3n) is 19.2. The van der Waals surface area contributed by atoms with Crippen molar-refractivity contribution in [2.75, 3.05) is 0 Å². The molecule has 0 saturated carbocycles. The standard InChI is InChI=1S/C77H150O4/c1-4-6-8-10-12-14-16-18-20-21-22-35-38-41-45-49-53-57-61-65-69-73(77(79)80)74(78)70-66-62-58-54-50-46-42-39-36-33-31-29-27-25-23-24-26-28-30-32-34-37-40-43-47-51-55-59-63-67-71-75-76(81-75)72(3)68-64-60-56-52-48-44-19-17-15-13-11-9-7-5-2/h28,30,72-76,78H,4-27,29,31-71H2,1-3H3,(H,79,80)/b30-28-. The van der Waals surface area contributed by atoms with E-state index in [-0.39, 0.29) is 0 Å². The van der Waals surface area contributed by atoms with Crippen molar-refractivity contribution >= 4 is 5.97 Å². The molecule has 1 heterocycles. The number of carboxylic acids is 1. The molecular weight excluding hydrogens is 989 g/mol. The first kappa shape index (κ1) is 78.1. The quantitative estimate of drug-likeness (QED) is 0.0362. The van der Waals surface area contributed by atoms with Crippen LogP contribution in [0.2, 0.25) is 0 Å². The Hall–Kier alpha value is -0.870. The van der Waals surface area contributed by atoms with Crippen LogP contribution in [0.1, 0.15) is 445 Å². The Morgan fingerprint density at radius 2 is 0.568 bits per heavy atom. The van der Waals surface area contributed by atoms with Gasteiger partial charge in [0, 0.05) is 0 Å². The zero-order valence-electron chi connectivity index (χ0n) is 55.9. The number of aliphatic carboxylic acids is 1. The lowest BCUT2D eigenvalue weighted by molar-refractivity contribution is -0.146. The second-order valence-electron chi connectivity index (χ2n) is 27.3. The van der Waals surface area contributed by atoms with Crippen molar-refractivity contribution in [3.05, 3.63) is 12.2 Å². The zero-order valence-corrected chi connectivity index (χ0v) is 55.9. The van der Waals surface area contributed by atoms with E-state index in [9.17, 15) is 15.0 Å². The van der Waals surface area contributed by atoms with Gasteiger partial charge in [0.05, 0.1) is 24.2 Å². The first-order valence-corrected chi connectivity index (χ1v) is 38.2. The Bertz CT molecular complexity index is 1230. The molecule has 2 N–H and O–H groups in total. The molecule has 1 aliphatic heterocycles. The first-order valence-electron chi connectivity index (χ1n) is 38.2. The number of hydrogen-bond acceptors (Lipinski definition) is 3. The topological polar surface area (TPSA) is 70.1 Å². The third kappa shape index (κ3) is 57.9. The van der Waals surface area contributed by atoms with Gasteiger partial charge in [-0.25, -0.2) is 0 Å². The average Bonchev–Trinajstić information content (AvgIpc) is 4.26. The second kappa shape index (κ2) is 65.1. The number of allylic oxidation sites excluding steroid dienone is 2. The van der Waals surface area contributed by atoms with Gasteiger partial charge in [-0.3, -0.25) is 4.79 Å². The summed E-state index contributed by atoms with van der Waals surface area (Å²) in [6.45, 7) is 7.05. The fraction of sp³-hybridized carbons (Fsp3) is 0.961. The lowest BCUT2D eigenvalue weighted by atomic mass is 9.91. The summed E-state index contributed by atoms with van der Waals surface area (Å²) >= 11 is 0. The number of ether oxygens (including phenoxy) is 1. The fourth-order valence-electron chi connectivity index (χ4n) is 13.4. The molecule has 0 aromatic carbocycles. The van der Waals surface area contributed by atoms with E-state index in [1.807, 2.05) is 0 Å². The van der Waals surface area contributed by atoms with E-state index in [4.69, 9.17) is 4.74 Å². The van der Waals surface area contributed by atoms with Gasteiger partial charge in [-0.2, -0.15) is 0 Å². The van der Waals surface area contributed by atoms with Gasteiger partial charge >= 0.3 is 5.97 Å². The van der Waals surface area contributed by atoms with E-state index in [2.05, 4.69) is 32.9 Å². The summed E-state index contributed by atoms with van der Waals surface area (Å²) in [4.78, 5) is 11.9. The molecule has 0 aromatic rings. The molecule has 0 bridgehead atoms. The van der Waals surface area contributed by atoms with Crippen LogP contribution in [-0.4, -0.2) is 34.5 Å². The monoisotopic (exact) mass is 1140 g/mol.